The van der Waals surface area contributed by atoms with Gasteiger partial charge < -0.3 is 15.2 Å². The van der Waals surface area contributed by atoms with E-state index in [1.54, 1.807) is 0 Å². The van der Waals surface area contributed by atoms with Crippen LogP contribution in [0.15, 0.2) is 24.3 Å². The molecule has 0 fully saturated rings. The largest absolute Gasteiger partial charge is 0.349 e. The fraction of sp³-hybridized carbons (Fsp3) is 0.476. The Kier molecular flexibility index (Phi) is 6.27. The van der Waals surface area contributed by atoms with Gasteiger partial charge in [-0.3, -0.25) is 9.59 Å². The van der Waals surface area contributed by atoms with Crippen LogP contribution in [-0.2, 0) is 13.0 Å². The van der Waals surface area contributed by atoms with E-state index in [1.165, 1.54) is 0 Å². The molecule has 2 aromatic rings. The number of fused-ring (bicyclic) bond motifs is 1. The highest BCUT2D eigenvalue weighted by Crippen LogP contribution is 2.22. The fourth-order valence-electron chi connectivity index (χ4n) is 3.38. The minimum atomic E-state index is -0.255. The second-order valence-corrected chi connectivity index (χ2v) is 7.12. The van der Waals surface area contributed by atoms with E-state index in [9.17, 15) is 9.59 Å². The molecule has 2 N–H and O–H groups in total. The number of amides is 2. The van der Waals surface area contributed by atoms with Gasteiger partial charge in [-0.2, -0.15) is 0 Å². The summed E-state index contributed by atoms with van der Waals surface area (Å²) in [6.07, 6.45) is 5.93. The quantitative estimate of drug-likeness (QED) is 0.732. The molecule has 0 radical (unpaired) electrons. The number of hydrogen-bond acceptors (Lipinski definition) is 3. The molecule has 0 saturated heterocycles. The van der Waals surface area contributed by atoms with E-state index in [1.807, 2.05) is 35.8 Å². The molecular formula is C21H28N4O2. The normalized spacial score (nSPS) is 13.1. The Labute approximate surface area is 160 Å². The van der Waals surface area contributed by atoms with Crippen LogP contribution >= 0.6 is 0 Å². The lowest BCUT2D eigenvalue weighted by Crippen LogP contribution is -2.28. The molecule has 0 spiro atoms. The minimum Gasteiger partial charge on any atom is -0.349 e. The average Bonchev–Trinajstić information content (AvgIpc) is 3.07. The van der Waals surface area contributed by atoms with Crippen molar-refractivity contribution in [3.05, 3.63) is 47.0 Å². The van der Waals surface area contributed by atoms with E-state index < -0.39 is 0 Å². The van der Waals surface area contributed by atoms with Crippen LogP contribution in [0.2, 0.25) is 0 Å². The van der Waals surface area contributed by atoms with Crippen molar-refractivity contribution >= 4 is 17.5 Å². The van der Waals surface area contributed by atoms with Crippen LogP contribution in [0, 0.1) is 6.92 Å². The van der Waals surface area contributed by atoms with Gasteiger partial charge in [0.15, 0.2) is 11.5 Å². The second-order valence-electron chi connectivity index (χ2n) is 7.12. The molecule has 1 aliphatic heterocycles. The van der Waals surface area contributed by atoms with Crippen molar-refractivity contribution in [1.82, 2.24) is 14.9 Å². The Balaban J connectivity index is 1.78. The molecule has 6 nitrogen and oxygen atoms in total. The number of benzene rings is 1. The highest BCUT2D eigenvalue weighted by Gasteiger charge is 2.27. The number of nitrogens with one attached hydrogen (secondary N) is 2. The molecule has 0 atom stereocenters. The van der Waals surface area contributed by atoms with Crippen molar-refractivity contribution in [1.29, 1.82) is 0 Å². The summed E-state index contributed by atoms with van der Waals surface area (Å²) in [4.78, 5) is 29.8. The highest BCUT2D eigenvalue weighted by atomic mass is 16.2. The molecule has 27 heavy (non-hydrogen) atoms. The number of aromatic nitrogens is 2. The van der Waals surface area contributed by atoms with Gasteiger partial charge in [-0.05, 0) is 44.7 Å². The van der Waals surface area contributed by atoms with Crippen molar-refractivity contribution in [2.45, 2.75) is 58.9 Å². The summed E-state index contributed by atoms with van der Waals surface area (Å²) in [5.74, 6) is -0.0894. The molecular weight excluding hydrogens is 340 g/mol. The van der Waals surface area contributed by atoms with Gasteiger partial charge >= 0.3 is 0 Å². The summed E-state index contributed by atoms with van der Waals surface area (Å²) in [7, 11) is 0. The zero-order valence-electron chi connectivity index (χ0n) is 16.2. The van der Waals surface area contributed by atoms with E-state index in [-0.39, 0.29) is 11.8 Å². The topological polar surface area (TPSA) is 76.0 Å². The number of aryl methyl sites for hydroxylation is 1. The van der Waals surface area contributed by atoms with Gasteiger partial charge in [0.2, 0.25) is 0 Å². The van der Waals surface area contributed by atoms with Crippen LogP contribution in [0.5, 0.6) is 0 Å². The van der Waals surface area contributed by atoms with Crippen molar-refractivity contribution in [3.8, 4) is 0 Å². The molecule has 1 aliphatic rings. The lowest BCUT2D eigenvalue weighted by Gasteiger charge is -2.17. The number of imidazole rings is 1. The summed E-state index contributed by atoms with van der Waals surface area (Å²) in [5.41, 5.74) is 3.10. The van der Waals surface area contributed by atoms with Crippen LogP contribution in [0.3, 0.4) is 0 Å². The second kappa shape index (κ2) is 8.84. The number of hydrogen-bond donors (Lipinski definition) is 2. The van der Waals surface area contributed by atoms with E-state index >= 15 is 0 Å². The van der Waals surface area contributed by atoms with Crippen molar-refractivity contribution in [2.24, 2.45) is 0 Å². The number of anilines is 1. The van der Waals surface area contributed by atoms with Gasteiger partial charge in [0.25, 0.3) is 11.8 Å². The van der Waals surface area contributed by atoms with Crippen LogP contribution in [-0.4, -0.2) is 27.9 Å². The van der Waals surface area contributed by atoms with Crippen LogP contribution in [0.25, 0.3) is 0 Å². The Bertz CT molecular complexity index is 808. The molecule has 6 heteroatoms. The van der Waals surface area contributed by atoms with E-state index in [2.05, 4.69) is 22.5 Å². The molecule has 1 aromatic carbocycles. The first-order valence-electron chi connectivity index (χ1n) is 9.85. The molecule has 0 saturated carbocycles. The van der Waals surface area contributed by atoms with Crippen LogP contribution in [0.1, 0.15) is 71.4 Å². The van der Waals surface area contributed by atoms with Gasteiger partial charge in [0.05, 0.1) is 5.69 Å². The van der Waals surface area contributed by atoms with Gasteiger partial charge in [-0.1, -0.05) is 37.5 Å². The van der Waals surface area contributed by atoms with Crippen LogP contribution in [0.4, 0.5) is 5.69 Å². The predicted octanol–water partition coefficient (Wildman–Crippen LogP) is 3.70. The summed E-state index contributed by atoms with van der Waals surface area (Å²) in [6.45, 7) is 5.51. The van der Waals surface area contributed by atoms with E-state index in [0.29, 0.717) is 18.1 Å². The molecule has 2 heterocycles. The summed E-state index contributed by atoms with van der Waals surface area (Å²) in [6, 6.07) is 7.65. The summed E-state index contributed by atoms with van der Waals surface area (Å²) < 4.78 is 1.92. The molecule has 0 unspecified atom stereocenters. The third-order valence-corrected chi connectivity index (χ3v) is 4.91. The number of carbonyl (C=O) groups is 2. The molecule has 144 valence electrons. The minimum absolute atomic E-state index is 0.191. The summed E-state index contributed by atoms with van der Waals surface area (Å²) >= 11 is 0. The molecule has 0 aliphatic carbocycles. The maximum atomic E-state index is 12.8. The number of nitrogens with zero attached hydrogens (tertiary/aromatic N) is 2. The lowest BCUT2D eigenvalue weighted by molar-refractivity contribution is 0.0937. The number of unbranched alkanes of at least 4 members (excludes halogenated alkanes) is 2. The number of carbonyl (C=O) groups excluding carboxylic acids is 2. The van der Waals surface area contributed by atoms with Crippen LogP contribution < -0.4 is 10.6 Å². The van der Waals surface area contributed by atoms with E-state index in [4.69, 9.17) is 0 Å². The monoisotopic (exact) mass is 368 g/mol. The smallest absolute Gasteiger partial charge is 0.287 e. The first-order chi connectivity index (χ1) is 13.1. The number of rotatable bonds is 7. The highest BCUT2D eigenvalue weighted by molar-refractivity contribution is 6.05. The predicted molar refractivity (Wildman–Crippen MR) is 106 cm³/mol. The zero-order valence-corrected chi connectivity index (χ0v) is 16.2. The van der Waals surface area contributed by atoms with Gasteiger partial charge in [0.1, 0.15) is 0 Å². The first kappa shape index (κ1) is 19.1. The Morgan fingerprint density at radius 1 is 1.11 bits per heavy atom. The van der Waals surface area contributed by atoms with Gasteiger partial charge in [0, 0.05) is 18.8 Å². The Morgan fingerprint density at radius 2 is 1.89 bits per heavy atom. The van der Waals surface area contributed by atoms with E-state index in [0.717, 1.165) is 62.0 Å². The zero-order chi connectivity index (χ0) is 19.2. The maximum absolute atomic E-state index is 12.8. The van der Waals surface area contributed by atoms with Crippen molar-refractivity contribution in [3.63, 3.8) is 0 Å². The SMILES string of the molecule is CCCCCNC(=O)c1nc(C(=O)Nc2ccc(C)cc2)c2n1CCCC2. The molecule has 3 rings (SSSR count). The van der Waals surface area contributed by atoms with Gasteiger partial charge in [-0.15, -0.1) is 0 Å². The molecule has 0 bridgehead atoms. The van der Waals surface area contributed by atoms with Crippen molar-refractivity contribution in [2.75, 3.05) is 11.9 Å². The molecule has 1 aromatic heterocycles. The van der Waals surface area contributed by atoms with Crippen molar-refractivity contribution < 1.29 is 9.59 Å². The third-order valence-electron chi connectivity index (χ3n) is 4.91. The first-order valence-corrected chi connectivity index (χ1v) is 9.85. The summed E-state index contributed by atoms with van der Waals surface area (Å²) in [5, 5.41) is 5.84. The fourth-order valence-corrected chi connectivity index (χ4v) is 3.38. The van der Waals surface area contributed by atoms with Gasteiger partial charge in [-0.25, -0.2) is 4.98 Å². The maximum Gasteiger partial charge on any atom is 0.287 e. The molecule has 2 amide bonds. The Hall–Kier alpha value is -2.63. The average molecular weight is 368 g/mol. The standard InChI is InChI=1S/C21H28N4O2/c1-3-4-6-13-22-21(27)19-24-18(17-8-5-7-14-25(17)19)20(26)23-16-11-9-15(2)10-12-16/h9-12H,3-8,13-14H2,1-2H3,(H,22,27)(H,23,26). The third kappa shape index (κ3) is 4.56. The lowest BCUT2D eigenvalue weighted by atomic mass is 10.1. The Morgan fingerprint density at radius 3 is 2.63 bits per heavy atom.